The molecular formula is C12H11ClO. The second-order valence-corrected chi connectivity index (χ2v) is 3.64. The second kappa shape index (κ2) is 4.34. The fourth-order valence-corrected chi connectivity index (χ4v) is 1.50. The highest BCUT2D eigenvalue weighted by Gasteiger charge is 1.97. The van der Waals surface area contributed by atoms with Crippen molar-refractivity contribution in [3.8, 4) is 0 Å². The van der Waals surface area contributed by atoms with E-state index in [2.05, 4.69) is 0 Å². The molecule has 0 bridgehead atoms. The topological polar surface area (TPSA) is 13.1 Å². The summed E-state index contributed by atoms with van der Waals surface area (Å²) in [6, 6.07) is 11.8. The molecule has 0 radical (unpaired) electrons. The van der Waals surface area contributed by atoms with Crippen molar-refractivity contribution in [3.05, 3.63) is 59.0 Å². The van der Waals surface area contributed by atoms with E-state index in [1.807, 2.05) is 36.4 Å². The maximum Gasteiger partial charge on any atom is 0.104 e. The number of aryl methyl sites for hydroxylation is 2. The summed E-state index contributed by atoms with van der Waals surface area (Å²) < 4.78 is 5.25. The van der Waals surface area contributed by atoms with Gasteiger partial charge in [0.05, 0.1) is 6.26 Å². The summed E-state index contributed by atoms with van der Waals surface area (Å²) in [4.78, 5) is 0. The highest BCUT2D eigenvalue weighted by Crippen LogP contribution is 2.12. The van der Waals surface area contributed by atoms with Gasteiger partial charge in [0.15, 0.2) is 0 Å². The summed E-state index contributed by atoms with van der Waals surface area (Å²) in [6.45, 7) is 0. The number of hydrogen-bond donors (Lipinski definition) is 0. The Bertz CT molecular complexity index is 375. The van der Waals surface area contributed by atoms with E-state index in [4.69, 9.17) is 16.0 Å². The molecule has 0 aliphatic carbocycles. The Kier molecular flexibility index (Phi) is 2.90. The van der Waals surface area contributed by atoms with Gasteiger partial charge in [0.25, 0.3) is 0 Å². The highest BCUT2D eigenvalue weighted by atomic mass is 35.5. The number of benzene rings is 1. The molecule has 72 valence electrons. The predicted octanol–water partition coefficient (Wildman–Crippen LogP) is 3.72. The van der Waals surface area contributed by atoms with Gasteiger partial charge in [-0.3, -0.25) is 0 Å². The van der Waals surface area contributed by atoms with Gasteiger partial charge in [-0.05, 0) is 36.2 Å². The third-order valence-corrected chi connectivity index (χ3v) is 2.41. The first-order valence-electron chi connectivity index (χ1n) is 4.61. The quantitative estimate of drug-likeness (QED) is 0.746. The van der Waals surface area contributed by atoms with E-state index in [9.17, 15) is 0 Å². The van der Waals surface area contributed by atoms with E-state index < -0.39 is 0 Å². The number of furan rings is 1. The number of hydrogen-bond acceptors (Lipinski definition) is 1. The first-order chi connectivity index (χ1) is 6.84. The van der Waals surface area contributed by atoms with Gasteiger partial charge in [0.1, 0.15) is 5.76 Å². The van der Waals surface area contributed by atoms with Crippen LogP contribution in [0, 0.1) is 0 Å². The molecule has 14 heavy (non-hydrogen) atoms. The molecule has 0 unspecified atom stereocenters. The summed E-state index contributed by atoms with van der Waals surface area (Å²) in [5.41, 5.74) is 1.28. The molecule has 1 heterocycles. The summed E-state index contributed by atoms with van der Waals surface area (Å²) in [7, 11) is 0. The van der Waals surface area contributed by atoms with Gasteiger partial charge >= 0.3 is 0 Å². The molecule has 0 atom stereocenters. The molecular weight excluding hydrogens is 196 g/mol. The monoisotopic (exact) mass is 206 g/mol. The third kappa shape index (κ3) is 2.39. The van der Waals surface area contributed by atoms with Crippen LogP contribution in [0.3, 0.4) is 0 Å². The van der Waals surface area contributed by atoms with Crippen LogP contribution in [0.25, 0.3) is 0 Å². The Morgan fingerprint density at radius 3 is 2.43 bits per heavy atom. The van der Waals surface area contributed by atoms with Crippen molar-refractivity contribution in [2.24, 2.45) is 0 Å². The van der Waals surface area contributed by atoms with Crippen LogP contribution in [0.4, 0.5) is 0 Å². The zero-order chi connectivity index (χ0) is 9.80. The molecule has 0 N–H and O–H groups in total. The van der Waals surface area contributed by atoms with Gasteiger partial charge in [-0.15, -0.1) is 0 Å². The normalized spacial score (nSPS) is 10.4. The minimum Gasteiger partial charge on any atom is -0.469 e. The molecule has 0 spiro atoms. The molecule has 0 amide bonds. The third-order valence-electron chi connectivity index (χ3n) is 2.15. The molecule has 0 aliphatic rings. The Labute approximate surface area is 88.3 Å². The van der Waals surface area contributed by atoms with Crippen molar-refractivity contribution in [1.29, 1.82) is 0 Å². The SMILES string of the molecule is Clc1ccc(CCc2ccco2)cc1. The van der Waals surface area contributed by atoms with Crippen LogP contribution in [0.15, 0.2) is 47.1 Å². The molecule has 2 heteroatoms. The molecule has 1 aromatic heterocycles. The fraction of sp³-hybridized carbons (Fsp3) is 0.167. The second-order valence-electron chi connectivity index (χ2n) is 3.21. The molecule has 1 nitrogen and oxygen atoms in total. The maximum absolute atomic E-state index is 5.79. The van der Waals surface area contributed by atoms with Crippen LogP contribution < -0.4 is 0 Å². The van der Waals surface area contributed by atoms with Crippen molar-refractivity contribution in [1.82, 2.24) is 0 Å². The van der Waals surface area contributed by atoms with Crippen molar-refractivity contribution in [3.63, 3.8) is 0 Å². The Balaban J connectivity index is 1.95. The molecule has 2 aromatic rings. The van der Waals surface area contributed by atoms with E-state index in [0.717, 1.165) is 23.6 Å². The average Bonchev–Trinajstić information content (AvgIpc) is 2.70. The number of halogens is 1. The minimum absolute atomic E-state index is 0.784. The van der Waals surface area contributed by atoms with Gasteiger partial charge in [-0.25, -0.2) is 0 Å². The lowest BCUT2D eigenvalue weighted by atomic mass is 10.1. The lowest BCUT2D eigenvalue weighted by molar-refractivity contribution is 0.508. The minimum atomic E-state index is 0.784. The number of rotatable bonds is 3. The van der Waals surface area contributed by atoms with Crippen LogP contribution in [-0.4, -0.2) is 0 Å². The molecule has 0 saturated carbocycles. The zero-order valence-corrected chi connectivity index (χ0v) is 8.50. The molecule has 0 saturated heterocycles. The van der Waals surface area contributed by atoms with Crippen molar-refractivity contribution >= 4 is 11.6 Å². The van der Waals surface area contributed by atoms with Crippen LogP contribution in [0.1, 0.15) is 11.3 Å². The van der Waals surface area contributed by atoms with Crippen LogP contribution >= 0.6 is 11.6 Å². The van der Waals surface area contributed by atoms with E-state index >= 15 is 0 Å². The van der Waals surface area contributed by atoms with Crippen LogP contribution in [0.5, 0.6) is 0 Å². The van der Waals surface area contributed by atoms with E-state index in [0.29, 0.717) is 0 Å². The Hall–Kier alpha value is -1.21. The Morgan fingerprint density at radius 1 is 1.00 bits per heavy atom. The van der Waals surface area contributed by atoms with Gasteiger partial charge in [0, 0.05) is 11.4 Å². The van der Waals surface area contributed by atoms with Crippen LogP contribution in [-0.2, 0) is 12.8 Å². The standard InChI is InChI=1S/C12H11ClO/c13-11-6-3-10(4-7-11)5-8-12-2-1-9-14-12/h1-4,6-7,9H,5,8H2. The zero-order valence-electron chi connectivity index (χ0n) is 7.74. The van der Waals surface area contributed by atoms with Crippen molar-refractivity contribution in [2.75, 3.05) is 0 Å². The van der Waals surface area contributed by atoms with Crippen molar-refractivity contribution in [2.45, 2.75) is 12.8 Å². The molecule has 0 aliphatic heterocycles. The molecule has 0 fully saturated rings. The lowest BCUT2D eigenvalue weighted by Gasteiger charge is -1.99. The van der Waals surface area contributed by atoms with Gasteiger partial charge < -0.3 is 4.42 Å². The van der Waals surface area contributed by atoms with Crippen molar-refractivity contribution < 1.29 is 4.42 Å². The van der Waals surface area contributed by atoms with E-state index in [1.165, 1.54) is 5.56 Å². The Morgan fingerprint density at radius 2 is 1.79 bits per heavy atom. The smallest absolute Gasteiger partial charge is 0.104 e. The average molecular weight is 207 g/mol. The first kappa shape index (κ1) is 9.35. The van der Waals surface area contributed by atoms with E-state index in [-0.39, 0.29) is 0 Å². The van der Waals surface area contributed by atoms with E-state index in [1.54, 1.807) is 6.26 Å². The lowest BCUT2D eigenvalue weighted by Crippen LogP contribution is -1.88. The van der Waals surface area contributed by atoms with Gasteiger partial charge in [-0.1, -0.05) is 23.7 Å². The van der Waals surface area contributed by atoms with Gasteiger partial charge in [-0.2, -0.15) is 0 Å². The summed E-state index contributed by atoms with van der Waals surface area (Å²) in [5.74, 6) is 1.03. The summed E-state index contributed by atoms with van der Waals surface area (Å²) in [6.07, 6.45) is 3.64. The highest BCUT2D eigenvalue weighted by molar-refractivity contribution is 6.30. The first-order valence-corrected chi connectivity index (χ1v) is 4.99. The summed E-state index contributed by atoms with van der Waals surface area (Å²) >= 11 is 5.79. The van der Waals surface area contributed by atoms with Gasteiger partial charge in [0.2, 0.25) is 0 Å². The predicted molar refractivity (Wildman–Crippen MR) is 57.6 cm³/mol. The maximum atomic E-state index is 5.79. The molecule has 1 aromatic carbocycles. The van der Waals surface area contributed by atoms with Crippen LogP contribution in [0.2, 0.25) is 5.02 Å². The molecule has 2 rings (SSSR count). The summed E-state index contributed by atoms with van der Waals surface area (Å²) in [5, 5.41) is 0.784. The fourth-order valence-electron chi connectivity index (χ4n) is 1.37. The largest absolute Gasteiger partial charge is 0.469 e.